The van der Waals surface area contributed by atoms with Crippen molar-refractivity contribution in [3.8, 4) is 11.5 Å². The Balaban J connectivity index is 1.65. The van der Waals surface area contributed by atoms with Crippen molar-refractivity contribution in [3.05, 3.63) is 59.7 Å². The Labute approximate surface area is 232 Å². The second-order valence-electron chi connectivity index (χ2n) is 10.1. The zero-order valence-corrected chi connectivity index (χ0v) is 23.8. The van der Waals surface area contributed by atoms with Gasteiger partial charge in [-0.3, -0.25) is 9.59 Å². The lowest BCUT2D eigenvalue weighted by Gasteiger charge is -2.32. The molecule has 2 amide bonds. The lowest BCUT2D eigenvalue weighted by Crippen LogP contribution is -2.44. The van der Waals surface area contributed by atoms with Gasteiger partial charge in [-0.25, -0.2) is 0 Å². The molecule has 214 valence electrons. The number of benzene rings is 2. The maximum absolute atomic E-state index is 13.7. The molecule has 9 heteroatoms. The van der Waals surface area contributed by atoms with Crippen LogP contribution in [0.25, 0.3) is 0 Å². The molecule has 2 aromatic rings. The van der Waals surface area contributed by atoms with Crippen molar-refractivity contribution >= 4 is 11.8 Å². The van der Waals surface area contributed by atoms with Gasteiger partial charge in [0.25, 0.3) is 11.8 Å². The van der Waals surface area contributed by atoms with E-state index in [1.54, 1.807) is 39.5 Å². The van der Waals surface area contributed by atoms with Crippen molar-refractivity contribution in [2.45, 2.75) is 32.4 Å². The first-order valence-corrected chi connectivity index (χ1v) is 13.6. The minimum Gasteiger partial charge on any atom is -0.493 e. The molecule has 1 fully saturated rings. The number of carbonyl (C=O) groups is 2. The van der Waals surface area contributed by atoms with Gasteiger partial charge in [0.2, 0.25) is 0 Å². The summed E-state index contributed by atoms with van der Waals surface area (Å²) >= 11 is 0. The van der Waals surface area contributed by atoms with E-state index < -0.39 is 6.10 Å². The van der Waals surface area contributed by atoms with Crippen molar-refractivity contribution in [1.82, 2.24) is 15.5 Å². The third kappa shape index (κ3) is 8.42. The van der Waals surface area contributed by atoms with Gasteiger partial charge >= 0.3 is 0 Å². The van der Waals surface area contributed by atoms with Crippen LogP contribution in [-0.2, 0) is 14.3 Å². The van der Waals surface area contributed by atoms with Gasteiger partial charge in [-0.15, -0.1) is 0 Å². The molecule has 0 radical (unpaired) electrons. The van der Waals surface area contributed by atoms with Crippen molar-refractivity contribution in [2.75, 3.05) is 60.7 Å². The number of hydrogen-bond acceptors (Lipinski definition) is 7. The summed E-state index contributed by atoms with van der Waals surface area (Å²) in [7, 11) is 4.78. The first-order valence-electron chi connectivity index (χ1n) is 13.6. The third-order valence-electron chi connectivity index (χ3n) is 7.07. The fourth-order valence-electron chi connectivity index (χ4n) is 4.84. The Morgan fingerprint density at radius 3 is 2.41 bits per heavy atom. The zero-order valence-electron chi connectivity index (χ0n) is 23.8. The largest absolute Gasteiger partial charge is 0.493 e. The maximum Gasteiger partial charge on any atom is 0.254 e. The molecule has 3 atom stereocenters. The van der Waals surface area contributed by atoms with Crippen LogP contribution in [0.15, 0.2) is 48.5 Å². The van der Waals surface area contributed by atoms with Crippen LogP contribution in [0.3, 0.4) is 0 Å². The highest BCUT2D eigenvalue weighted by Crippen LogP contribution is 2.30. The summed E-state index contributed by atoms with van der Waals surface area (Å²) in [5.74, 6) is 1.28. The number of hydrogen-bond donors (Lipinski definition) is 2. The fraction of sp³-hybridized carbons (Fsp3) is 0.533. The van der Waals surface area contributed by atoms with Crippen LogP contribution < -0.4 is 20.1 Å². The average Bonchev–Trinajstić information content (AvgIpc) is 3.40. The molecule has 9 nitrogen and oxygen atoms in total. The molecule has 0 bridgehead atoms. The number of rotatable bonds is 15. The van der Waals surface area contributed by atoms with Gasteiger partial charge in [0, 0.05) is 65.0 Å². The van der Waals surface area contributed by atoms with Crippen molar-refractivity contribution in [2.24, 2.45) is 11.8 Å². The summed E-state index contributed by atoms with van der Waals surface area (Å²) in [6.07, 6.45) is 0.0766. The Bertz CT molecular complexity index is 1050. The first-order chi connectivity index (χ1) is 18.9. The lowest BCUT2D eigenvalue weighted by atomic mass is 9.94. The molecular weight excluding hydrogens is 498 g/mol. The molecule has 1 heterocycles. The minimum atomic E-state index is -0.659. The minimum absolute atomic E-state index is 0.00235. The van der Waals surface area contributed by atoms with Crippen LogP contribution in [0.2, 0.25) is 0 Å². The highest BCUT2D eigenvalue weighted by Gasteiger charge is 2.32. The van der Waals surface area contributed by atoms with E-state index in [0.717, 1.165) is 25.1 Å². The van der Waals surface area contributed by atoms with Gasteiger partial charge in [0.15, 0.2) is 17.6 Å². The second-order valence-corrected chi connectivity index (χ2v) is 10.1. The third-order valence-corrected chi connectivity index (χ3v) is 7.07. The summed E-state index contributed by atoms with van der Waals surface area (Å²) in [5, 5.41) is 6.50. The number of ether oxygens (including phenoxy) is 4. The summed E-state index contributed by atoms with van der Waals surface area (Å²) in [6, 6.07) is 14.8. The highest BCUT2D eigenvalue weighted by molar-refractivity contribution is 5.95. The molecule has 3 rings (SSSR count). The first kappa shape index (κ1) is 30.4. The Morgan fingerprint density at radius 1 is 1.00 bits per heavy atom. The van der Waals surface area contributed by atoms with E-state index in [1.807, 2.05) is 49.1 Å². The van der Waals surface area contributed by atoms with E-state index in [2.05, 4.69) is 10.6 Å². The smallest absolute Gasteiger partial charge is 0.254 e. The molecule has 39 heavy (non-hydrogen) atoms. The molecule has 2 aromatic carbocycles. The topological polar surface area (TPSA) is 98.4 Å². The zero-order chi connectivity index (χ0) is 28.2. The van der Waals surface area contributed by atoms with E-state index in [4.69, 9.17) is 18.9 Å². The summed E-state index contributed by atoms with van der Waals surface area (Å²) < 4.78 is 21.9. The van der Waals surface area contributed by atoms with E-state index in [1.165, 1.54) is 0 Å². The second kappa shape index (κ2) is 15.5. The molecule has 0 saturated carbocycles. The molecule has 2 N–H and O–H groups in total. The van der Waals surface area contributed by atoms with Crippen LogP contribution in [-0.4, -0.2) is 83.5 Å². The number of amides is 2. The van der Waals surface area contributed by atoms with Crippen molar-refractivity contribution in [3.63, 3.8) is 0 Å². The molecule has 0 spiro atoms. The fourth-order valence-corrected chi connectivity index (χ4v) is 4.84. The Kier molecular flexibility index (Phi) is 12.0. The van der Waals surface area contributed by atoms with Gasteiger partial charge in [-0.05, 0) is 49.4 Å². The Hall–Kier alpha value is -3.14. The normalized spacial score (nSPS) is 17.6. The van der Waals surface area contributed by atoms with E-state index >= 15 is 0 Å². The molecular formula is C30H43N3O6. The predicted molar refractivity (Wildman–Crippen MR) is 150 cm³/mol. The van der Waals surface area contributed by atoms with Crippen LogP contribution in [0.1, 0.15) is 42.3 Å². The highest BCUT2D eigenvalue weighted by atomic mass is 16.5. The SMILES string of the molecule is COCCCOc1cc(C(=O)N(C[C@@H]2CNCC2CNC(=O)C(OC)c2ccccc2)C(C)C)ccc1OC. The number of methoxy groups -OCH3 is 3. The lowest BCUT2D eigenvalue weighted by molar-refractivity contribution is -0.131. The number of nitrogens with one attached hydrogen (secondary N) is 2. The van der Waals surface area contributed by atoms with E-state index in [-0.39, 0.29) is 29.7 Å². The van der Waals surface area contributed by atoms with Crippen LogP contribution in [0, 0.1) is 11.8 Å². The van der Waals surface area contributed by atoms with Crippen LogP contribution in [0.5, 0.6) is 11.5 Å². The molecule has 2 unspecified atom stereocenters. The van der Waals surface area contributed by atoms with Crippen LogP contribution in [0.4, 0.5) is 0 Å². The molecule has 0 aromatic heterocycles. The standard InChI is InChI=1S/C30H43N3O6/c1-21(2)33(30(35)23-12-13-26(37-4)27(16-23)39-15-9-14-36-3)20-25-18-31-17-24(25)19-32-29(34)28(38-5)22-10-7-6-8-11-22/h6-8,10-13,16,21,24-25,28,31H,9,14-15,17-20H2,1-5H3,(H,32,34)/t24?,25-,28?/m0/s1. The number of nitrogens with zero attached hydrogens (tertiary/aromatic N) is 1. The number of carbonyl (C=O) groups excluding carboxylic acids is 2. The van der Waals surface area contributed by atoms with Gasteiger partial charge in [0.05, 0.1) is 13.7 Å². The molecule has 1 saturated heterocycles. The van der Waals surface area contributed by atoms with Gasteiger partial charge in [-0.1, -0.05) is 30.3 Å². The van der Waals surface area contributed by atoms with E-state index in [9.17, 15) is 9.59 Å². The van der Waals surface area contributed by atoms with Crippen molar-refractivity contribution < 1.29 is 28.5 Å². The van der Waals surface area contributed by atoms with Crippen LogP contribution >= 0.6 is 0 Å². The monoisotopic (exact) mass is 541 g/mol. The van der Waals surface area contributed by atoms with E-state index in [0.29, 0.717) is 43.4 Å². The summed E-state index contributed by atoms with van der Waals surface area (Å²) in [4.78, 5) is 28.5. The predicted octanol–water partition coefficient (Wildman–Crippen LogP) is 3.30. The van der Waals surface area contributed by atoms with Gasteiger partial charge in [0.1, 0.15) is 0 Å². The van der Waals surface area contributed by atoms with Gasteiger partial charge in [-0.2, -0.15) is 0 Å². The summed E-state index contributed by atoms with van der Waals surface area (Å²) in [5.41, 5.74) is 1.37. The maximum atomic E-state index is 13.7. The quantitative estimate of drug-likeness (QED) is 0.334. The van der Waals surface area contributed by atoms with Gasteiger partial charge < -0.3 is 34.5 Å². The molecule has 1 aliphatic rings. The van der Waals surface area contributed by atoms with Crippen molar-refractivity contribution in [1.29, 1.82) is 0 Å². The summed E-state index contributed by atoms with van der Waals surface area (Å²) in [6.45, 7) is 7.73. The average molecular weight is 542 g/mol. The molecule has 0 aliphatic carbocycles. The molecule has 1 aliphatic heterocycles. The Morgan fingerprint density at radius 2 is 1.74 bits per heavy atom.